The van der Waals surface area contributed by atoms with Gasteiger partial charge in [-0.3, -0.25) is 14.4 Å². The molecule has 1 aromatic carbocycles. The van der Waals surface area contributed by atoms with E-state index < -0.39 is 35.6 Å². The summed E-state index contributed by atoms with van der Waals surface area (Å²) in [5.41, 5.74) is 5.67. The monoisotopic (exact) mass is 548 g/mol. The third-order valence-electron chi connectivity index (χ3n) is 6.13. The van der Waals surface area contributed by atoms with E-state index in [2.05, 4.69) is 17.6 Å². The Morgan fingerprint density at radius 1 is 1.05 bits per heavy atom. The molecule has 5 N–H and O–H groups in total. The van der Waals surface area contributed by atoms with E-state index in [9.17, 15) is 24.3 Å². The van der Waals surface area contributed by atoms with Gasteiger partial charge in [0.05, 0.1) is 0 Å². The molecule has 0 saturated carbocycles. The average Bonchev–Trinajstić information content (AvgIpc) is 2.84. The van der Waals surface area contributed by atoms with Crippen LogP contribution in [-0.2, 0) is 19.1 Å². The van der Waals surface area contributed by atoms with Crippen LogP contribution in [0.4, 0.5) is 4.79 Å². The minimum atomic E-state index is -1.14. The number of nitrogens with two attached hydrogens (primary N) is 1. The molecule has 0 bridgehead atoms. The van der Waals surface area contributed by atoms with Gasteiger partial charge in [-0.05, 0) is 70.2 Å². The Hall–Kier alpha value is -3.30. The Morgan fingerprint density at radius 3 is 2.28 bits per heavy atom. The number of unbranched alkanes of at least 4 members (excludes halogenated alkanes) is 4. The lowest BCUT2D eigenvalue weighted by molar-refractivity contribution is -0.142. The number of hydrogen-bond acceptors (Lipinski definition) is 6. The first-order chi connectivity index (χ1) is 18.3. The molecule has 0 aliphatic heterocycles. The number of benzene rings is 1. The number of nitrogens with one attached hydrogen (secondary N) is 2. The number of carbonyl (C=O) groups is 4. The molecule has 4 amide bonds. The molecule has 0 aromatic heterocycles. The summed E-state index contributed by atoms with van der Waals surface area (Å²) in [6.07, 6.45) is 4.13. The normalized spacial score (nSPS) is 12.8. The van der Waals surface area contributed by atoms with E-state index in [4.69, 9.17) is 10.5 Å². The van der Waals surface area contributed by atoms with Crippen LogP contribution in [0.15, 0.2) is 18.2 Å². The molecule has 0 aliphatic carbocycles. The highest BCUT2D eigenvalue weighted by molar-refractivity contribution is 5.92. The first-order valence-electron chi connectivity index (χ1n) is 14.0. The number of nitrogens with zero attached hydrogens (tertiary/aromatic N) is 1. The lowest BCUT2D eigenvalue weighted by atomic mass is 9.99. The molecule has 0 fully saturated rings. The van der Waals surface area contributed by atoms with E-state index >= 15 is 0 Å². The van der Waals surface area contributed by atoms with Gasteiger partial charge in [0.1, 0.15) is 23.4 Å². The molecule has 10 nitrogen and oxygen atoms in total. The minimum Gasteiger partial charge on any atom is -0.508 e. The van der Waals surface area contributed by atoms with Crippen molar-refractivity contribution in [3.05, 3.63) is 29.3 Å². The third-order valence-corrected chi connectivity index (χ3v) is 6.13. The molecule has 10 heteroatoms. The van der Waals surface area contributed by atoms with Crippen LogP contribution in [0.25, 0.3) is 0 Å². The van der Waals surface area contributed by atoms with Gasteiger partial charge in [-0.25, -0.2) is 4.79 Å². The summed E-state index contributed by atoms with van der Waals surface area (Å²) in [5.74, 6) is -1.41. The largest absolute Gasteiger partial charge is 0.508 e. The highest BCUT2D eigenvalue weighted by atomic mass is 16.6. The fourth-order valence-corrected chi connectivity index (χ4v) is 4.08. The molecule has 0 saturated heterocycles. The van der Waals surface area contributed by atoms with Crippen molar-refractivity contribution in [2.45, 2.75) is 111 Å². The van der Waals surface area contributed by atoms with Crippen LogP contribution in [0.3, 0.4) is 0 Å². The van der Waals surface area contributed by atoms with Crippen LogP contribution in [0.1, 0.15) is 103 Å². The van der Waals surface area contributed by atoms with Gasteiger partial charge in [-0.2, -0.15) is 0 Å². The van der Waals surface area contributed by atoms with Crippen molar-refractivity contribution in [1.29, 1.82) is 0 Å². The molecule has 220 valence electrons. The van der Waals surface area contributed by atoms with Gasteiger partial charge in [-0.15, -0.1) is 0 Å². The zero-order valence-corrected chi connectivity index (χ0v) is 24.5. The highest BCUT2D eigenvalue weighted by Crippen LogP contribution is 2.28. The highest BCUT2D eigenvalue weighted by Gasteiger charge is 2.36. The van der Waals surface area contributed by atoms with Gasteiger partial charge in [0.25, 0.3) is 0 Å². The first-order valence-corrected chi connectivity index (χ1v) is 14.0. The molecular weight excluding hydrogens is 500 g/mol. The van der Waals surface area contributed by atoms with Crippen molar-refractivity contribution in [2.75, 3.05) is 13.1 Å². The summed E-state index contributed by atoms with van der Waals surface area (Å²) in [5, 5.41) is 15.6. The number of phenolic OH excluding ortho intramolecular Hbond substituents is 1. The van der Waals surface area contributed by atoms with Gasteiger partial charge in [0.2, 0.25) is 17.7 Å². The van der Waals surface area contributed by atoms with Crippen molar-refractivity contribution < 1.29 is 29.0 Å². The van der Waals surface area contributed by atoms with Gasteiger partial charge in [-0.1, -0.05) is 45.6 Å². The molecule has 2 unspecified atom stereocenters. The number of aryl methyl sites for hydroxylation is 1. The van der Waals surface area contributed by atoms with E-state index in [1.165, 1.54) is 11.0 Å². The molecule has 0 spiro atoms. The van der Waals surface area contributed by atoms with E-state index in [-0.39, 0.29) is 31.0 Å². The molecular formula is C29H48N4O6. The zero-order chi connectivity index (χ0) is 29.6. The van der Waals surface area contributed by atoms with Crippen molar-refractivity contribution in [3.63, 3.8) is 0 Å². The summed E-state index contributed by atoms with van der Waals surface area (Å²) in [6.45, 7) is 11.6. The summed E-state index contributed by atoms with van der Waals surface area (Å²) < 4.78 is 5.36. The van der Waals surface area contributed by atoms with E-state index in [1.54, 1.807) is 39.8 Å². The maximum Gasteiger partial charge on any atom is 0.408 e. The van der Waals surface area contributed by atoms with Crippen LogP contribution in [-0.4, -0.2) is 58.6 Å². The Morgan fingerprint density at radius 2 is 1.72 bits per heavy atom. The number of aromatic hydroxyl groups is 1. The Bertz CT molecular complexity index is 960. The van der Waals surface area contributed by atoms with Crippen LogP contribution in [0.5, 0.6) is 5.75 Å². The standard InChI is InChI=1S/C29H48N4O6/c1-7-9-11-12-18-33(27(37)22(14-16-24(30)35)32-28(38)39-29(4,5)6)25(26(36)31-17-10-8-2)21-13-15-23(34)20(3)19-21/h13,15,19,22,25,34H,7-12,14,16-18H2,1-6H3,(H2,30,35)(H,31,36)(H,32,38). The lowest BCUT2D eigenvalue weighted by Gasteiger charge is -2.35. The smallest absolute Gasteiger partial charge is 0.408 e. The van der Waals surface area contributed by atoms with Crippen molar-refractivity contribution in [2.24, 2.45) is 5.73 Å². The summed E-state index contributed by atoms with van der Waals surface area (Å²) in [4.78, 5) is 53.4. The number of carbonyl (C=O) groups excluding carboxylic acids is 4. The van der Waals surface area contributed by atoms with Crippen LogP contribution < -0.4 is 16.4 Å². The molecule has 0 radical (unpaired) electrons. The predicted molar refractivity (Wildman–Crippen MR) is 151 cm³/mol. The molecule has 1 rings (SSSR count). The SMILES string of the molecule is CCCCCCN(C(=O)C(CCC(N)=O)NC(=O)OC(C)(C)C)C(C(=O)NCCCC)c1ccc(O)c(C)c1. The summed E-state index contributed by atoms with van der Waals surface area (Å²) in [6, 6.07) is 2.67. The number of amides is 4. The number of alkyl carbamates (subject to hydrolysis) is 1. The lowest BCUT2D eigenvalue weighted by Crippen LogP contribution is -2.53. The number of hydrogen-bond donors (Lipinski definition) is 4. The van der Waals surface area contributed by atoms with Crippen molar-refractivity contribution in [1.82, 2.24) is 15.5 Å². The molecule has 2 atom stereocenters. The second kappa shape index (κ2) is 16.6. The Kier molecular flexibility index (Phi) is 14.4. The third kappa shape index (κ3) is 12.4. The number of phenols is 1. The number of ether oxygens (including phenoxy) is 1. The fourth-order valence-electron chi connectivity index (χ4n) is 4.08. The summed E-state index contributed by atoms with van der Waals surface area (Å²) in [7, 11) is 0. The molecule has 1 aromatic rings. The zero-order valence-electron chi connectivity index (χ0n) is 24.5. The number of primary amides is 1. The maximum atomic E-state index is 14.1. The minimum absolute atomic E-state index is 0.0440. The average molecular weight is 549 g/mol. The Labute approximate surface area is 233 Å². The van der Waals surface area contributed by atoms with Crippen LogP contribution >= 0.6 is 0 Å². The number of rotatable bonds is 16. The Balaban J connectivity index is 3.51. The predicted octanol–water partition coefficient (Wildman–Crippen LogP) is 4.23. The topological polar surface area (TPSA) is 151 Å². The fraction of sp³-hybridized carbons (Fsp3) is 0.655. The van der Waals surface area contributed by atoms with E-state index in [0.29, 0.717) is 24.1 Å². The first kappa shape index (κ1) is 33.7. The van der Waals surface area contributed by atoms with Gasteiger partial charge in [0.15, 0.2) is 0 Å². The van der Waals surface area contributed by atoms with Crippen molar-refractivity contribution >= 4 is 23.8 Å². The van der Waals surface area contributed by atoms with Crippen LogP contribution in [0, 0.1) is 6.92 Å². The van der Waals surface area contributed by atoms with Gasteiger partial charge < -0.3 is 31.1 Å². The molecule has 0 aliphatic rings. The molecule has 0 heterocycles. The van der Waals surface area contributed by atoms with E-state index in [0.717, 1.165) is 32.1 Å². The van der Waals surface area contributed by atoms with Gasteiger partial charge >= 0.3 is 6.09 Å². The van der Waals surface area contributed by atoms with E-state index in [1.807, 2.05) is 6.92 Å². The second-order valence-electron chi connectivity index (χ2n) is 10.9. The van der Waals surface area contributed by atoms with Gasteiger partial charge in [0, 0.05) is 19.5 Å². The second-order valence-corrected chi connectivity index (χ2v) is 10.9. The van der Waals surface area contributed by atoms with Crippen LogP contribution in [0.2, 0.25) is 0 Å². The quantitative estimate of drug-likeness (QED) is 0.227. The van der Waals surface area contributed by atoms with Crippen molar-refractivity contribution in [3.8, 4) is 5.75 Å². The summed E-state index contributed by atoms with van der Waals surface area (Å²) >= 11 is 0. The maximum absolute atomic E-state index is 14.1. The molecule has 39 heavy (non-hydrogen) atoms.